The summed E-state index contributed by atoms with van der Waals surface area (Å²) in [5, 5.41) is 4.76. The van der Waals surface area contributed by atoms with Gasteiger partial charge in [-0.3, -0.25) is 9.59 Å². The Kier molecular flexibility index (Phi) is 6.28. The fourth-order valence-corrected chi connectivity index (χ4v) is 3.44. The van der Waals surface area contributed by atoms with Crippen LogP contribution in [-0.4, -0.2) is 50.9 Å². The first-order valence-electron chi connectivity index (χ1n) is 8.90. The molecule has 0 atom stereocenters. The van der Waals surface area contributed by atoms with Crippen LogP contribution in [0.1, 0.15) is 10.4 Å². The smallest absolute Gasteiger partial charge is 0.293 e. The van der Waals surface area contributed by atoms with Crippen LogP contribution in [0.5, 0.6) is 5.75 Å². The number of fused-ring (bicyclic) bond motifs is 1. The topological polar surface area (TPSA) is 61.9 Å². The maximum absolute atomic E-state index is 12.5. The number of hydrogen-bond donors (Lipinski definition) is 1. The number of carbonyl (C=O) groups excluding carboxylic acids is 2. The third-order valence-electron chi connectivity index (χ3n) is 4.16. The number of likely N-dealkylation sites (N-methyl/N-ethyl adjacent to an activating group) is 2. The van der Waals surface area contributed by atoms with Crippen LogP contribution in [0.2, 0.25) is 0 Å². The molecule has 2 aromatic rings. The van der Waals surface area contributed by atoms with E-state index in [1.807, 2.05) is 54.7 Å². The molecule has 0 saturated carbocycles. The lowest BCUT2D eigenvalue weighted by molar-refractivity contribution is -0.117. The summed E-state index contributed by atoms with van der Waals surface area (Å²) in [7, 11) is 5.65. The molecule has 0 bridgehead atoms. The van der Waals surface area contributed by atoms with Crippen LogP contribution in [-0.2, 0) is 9.59 Å². The molecule has 6 nitrogen and oxygen atoms in total. The Morgan fingerprint density at radius 1 is 1.32 bits per heavy atom. The molecule has 0 aliphatic carbocycles. The molecule has 0 saturated heterocycles. The maximum Gasteiger partial charge on any atom is 0.293 e. The van der Waals surface area contributed by atoms with Gasteiger partial charge in [-0.1, -0.05) is 12.1 Å². The third-order valence-corrected chi connectivity index (χ3v) is 5.06. The molecule has 0 fully saturated rings. The molecule has 146 valence electrons. The van der Waals surface area contributed by atoms with Crippen LogP contribution in [0.15, 0.2) is 47.5 Å². The average molecular weight is 398 g/mol. The Labute approximate surface area is 168 Å². The lowest BCUT2D eigenvalue weighted by atomic mass is 10.2. The molecule has 0 radical (unpaired) electrons. The van der Waals surface area contributed by atoms with E-state index in [2.05, 4.69) is 5.32 Å². The van der Waals surface area contributed by atoms with Crippen molar-refractivity contribution in [2.45, 2.75) is 0 Å². The second-order valence-corrected chi connectivity index (χ2v) is 7.60. The van der Waals surface area contributed by atoms with E-state index in [-0.39, 0.29) is 17.6 Å². The van der Waals surface area contributed by atoms with Gasteiger partial charge in [-0.05, 0) is 49.3 Å². The SMILES string of the molecule is CN(C)CCNC(=O)/C=C/c1csc(/C=C2\Oc3ccccc3N(C)C2=O)c1. The van der Waals surface area contributed by atoms with Crippen LogP contribution in [0.4, 0.5) is 5.69 Å². The Hall–Kier alpha value is -2.90. The van der Waals surface area contributed by atoms with Crippen molar-refractivity contribution < 1.29 is 14.3 Å². The van der Waals surface area contributed by atoms with Gasteiger partial charge in [-0.2, -0.15) is 0 Å². The molecule has 1 N–H and O–H groups in total. The van der Waals surface area contributed by atoms with Gasteiger partial charge in [-0.15, -0.1) is 11.3 Å². The van der Waals surface area contributed by atoms with Crippen molar-refractivity contribution in [3.05, 3.63) is 58.0 Å². The highest BCUT2D eigenvalue weighted by Crippen LogP contribution is 2.34. The predicted octanol–water partition coefficient (Wildman–Crippen LogP) is 2.84. The number of para-hydroxylation sites is 2. The third kappa shape index (κ3) is 4.88. The number of amides is 2. The zero-order valence-corrected chi connectivity index (χ0v) is 17.0. The van der Waals surface area contributed by atoms with Gasteiger partial charge >= 0.3 is 0 Å². The second-order valence-electron chi connectivity index (χ2n) is 6.65. The van der Waals surface area contributed by atoms with Crippen LogP contribution < -0.4 is 15.0 Å². The second kappa shape index (κ2) is 8.86. The Morgan fingerprint density at radius 3 is 2.89 bits per heavy atom. The van der Waals surface area contributed by atoms with Crippen LogP contribution >= 0.6 is 11.3 Å². The molecule has 0 spiro atoms. The van der Waals surface area contributed by atoms with E-state index in [1.54, 1.807) is 24.1 Å². The summed E-state index contributed by atoms with van der Waals surface area (Å²) in [6, 6.07) is 9.34. The normalized spacial score (nSPS) is 15.2. The van der Waals surface area contributed by atoms with Crippen molar-refractivity contribution in [2.75, 3.05) is 39.1 Å². The summed E-state index contributed by atoms with van der Waals surface area (Å²) < 4.78 is 5.78. The number of thiophene rings is 1. The highest BCUT2D eigenvalue weighted by molar-refractivity contribution is 7.11. The van der Waals surface area contributed by atoms with Gasteiger partial charge in [0.1, 0.15) is 0 Å². The number of nitrogens with one attached hydrogen (secondary N) is 1. The predicted molar refractivity (Wildman–Crippen MR) is 113 cm³/mol. The molecule has 2 heterocycles. The highest BCUT2D eigenvalue weighted by Gasteiger charge is 2.27. The Balaban J connectivity index is 1.66. The molecule has 1 aliphatic rings. The molecule has 3 rings (SSSR count). The molecular weight excluding hydrogens is 374 g/mol. The average Bonchev–Trinajstić information content (AvgIpc) is 3.11. The van der Waals surface area contributed by atoms with E-state index in [4.69, 9.17) is 4.74 Å². The van der Waals surface area contributed by atoms with Crippen molar-refractivity contribution in [2.24, 2.45) is 0 Å². The van der Waals surface area contributed by atoms with E-state index in [1.165, 1.54) is 17.4 Å². The lowest BCUT2D eigenvalue weighted by Gasteiger charge is -2.27. The van der Waals surface area contributed by atoms with Crippen molar-refractivity contribution in [1.82, 2.24) is 10.2 Å². The summed E-state index contributed by atoms with van der Waals surface area (Å²) in [6.07, 6.45) is 5.00. The van der Waals surface area contributed by atoms with Crippen LogP contribution in [0.25, 0.3) is 12.2 Å². The van der Waals surface area contributed by atoms with E-state index in [0.29, 0.717) is 12.3 Å². The number of hydrogen-bond acceptors (Lipinski definition) is 5. The van der Waals surface area contributed by atoms with E-state index in [9.17, 15) is 9.59 Å². The standard InChI is InChI=1S/C21H23N3O3S/c1-23(2)11-10-22-20(25)9-8-15-12-16(28-14-15)13-19-21(26)24(3)17-6-4-5-7-18(17)27-19/h4-9,12-14H,10-11H2,1-3H3,(H,22,25)/b9-8+,19-13-. The number of rotatable bonds is 6. The Bertz CT molecular complexity index is 930. The first kappa shape index (κ1) is 19.9. The van der Waals surface area contributed by atoms with Crippen molar-refractivity contribution in [3.8, 4) is 5.75 Å². The number of anilines is 1. The number of nitrogens with zero attached hydrogens (tertiary/aromatic N) is 2. The Morgan fingerprint density at radius 2 is 2.11 bits per heavy atom. The molecule has 28 heavy (non-hydrogen) atoms. The van der Waals surface area contributed by atoms with Gasteiger partial charge < -0.3 is 19.9 Å². The lowest BCUT2D eigenvalue weighted by Crippen LogP contribution is -2.33. The first-order chi connectivity index (χ1) is 13.4. The molecule has 1 aromatic heterocycles. The van der Waals surface area contributed by atoms with Crippen molar-refractivity contribution >= 4 is 41.0 Å². The van der Waals surface area contributed by atoms with Gasteiger partial charge in [0, 0.05) is 37.2 Å². The van der Waals surface area contributed by atoms with E-state index >= 15 is 0 Å². The minimum absolute atomic E-state index is 0.128. The number of ether oxygens (including phenoxy) is 1. The number of benzene rings is 1. The van der Waals surface area contributed by atoms with Gasteiger partial charge in [0.25, 0.3) is 5.91 Å². The molecule has 1 aliphatic heterocycles. The first-order valence-corrected chi connectivity index (χ1v) is 9.78. The highest BCUT2D eigenvalue weighted by atomic mass is 32.1. The number of carbonyl (C=O) groups is 2. The summed E-state index contributed by atoms with van der Waals surface area (Å²) in [6.45, 7) is 1.40. The van der Waals surface area contributed by atoms with Gasteiger partial charge in [0.15, 0.2) is 11.5 Å². The van der Waals surface area contributed by atoms with Crippen LogP contribution in [0.3, 0.4) is 0 Å². The molecule has 0 unspecified atom stereocenters. The summed E-state index contributed by atoms with van der Waals surface area (Å²) >= 11 is 1.48. The maximum atomic E-state index is 12.5. The van der Waals surface area contributed by atoms with Gasteiger partial charge in [-0.25, -0.2) is 0 Å². The van der Waals surface area contributed by atoms with Crippen molar-refractivity contribution in [3.63, 3.8) is 0 Å². The fraction of sp³-hybridized carbons (Fsp3) is 0.238. The quantitative estimate of drug-likeness (QED) is 0.762. The molecular formula is C21H23N3O3S. The zero-order valence-electron chi connectivity index (χ0n) is 16.1. The van der Waals surface area contributed by atoms with Gasteiger partial charge in [0.2, 0.25) is 5.91 Å². The minimum atomic E-state index is -0.190. The minimum Gasteiger partial charge on any atom is -0.449 e. The van der Waals surface area contributed by atoms with Crippen molar-refractivity contribution in [1.29, 1.82) is 0 Å². The summed E-state index contributed by atoms with van der Waals surface area (Å²) in [5.41, 5.74) is 1.65. The monoisotopic (exact) mass is 397 g/mol. The molecule has 1 aromatic carbocycles. The summed E-state index contributed by atoms with van der Waals surface area (Å²) in [4.78, 5) is 28.8. The van der Waals surface area contributed by atoms with Gasteiger partial charge in [0.05, 0.1) is 5.69 Å². The molecule has 7 heteroatoms. The zero-order chi connectivity index (χ0) is 20.1. The fourth-order valence-electron chi connectivity index (χ4n) is 2.64. The van der Waals surface area contributed by atoms with E-state index in [0.717, 1.165) is 22.7 Å². The largest absolute Gasteiger partial charge is 0.449 e. The van der Waals surface area contributed by atoms with Crippen LogP contribution in [0, 0.1) is 0 Å². The molecule has 2 amide bonds. The summed E-state index contributed by atoms with van der Waals surface area (Å²) in [5.74, 6) is 0.614. The van der Waals surface area contributed by atoms with E-state index < -0.39 is 0 Å².